The molecule has 1 aromatic carbocycles. The van der Waals surface area contributed by atoms with Gasteiger partial charge in [-0.15, -0.1) is 0 Å². The fourth-order valence-corrected chi connectivity index (χ4v) is 2.43. The number of fused-ring (bicyclic) bond motifs is 1. The van der Waals surface area contributed by atoms with E-state index in [-0.39, 0.29) is 23.5 Å². The van der Waals surface area contributed by atoms with Gasteiger partial charge >= 0.3 is 0 Å². The van der Waals surface area contributed by atoms with Crippen molar-refractivity contribution < 1.29 is 18.8 Å². The molecule has 2 rings (SSSR count). The van der Waals surface area contributed by atoms with Crippen LogP contribution in [0.15, 0.2) is 12.1 Å². The van der Waals surface area contributed by atoms with E-state index in [9.17, 15) is 19.2 Å². The summed E-state index contributed by atoms with van der Waals surface area (Å²) in [5.41, 5.74) is 1.55. The van der Waals surface area contributed by atoms with E-state index in [1.54, 1.807) is 13.0 Å². The van der Waals surface area contributed by atoms with Gasteiger partial charge in [0, 0.05) is 25.3 Å². The number of amides is 1. The lowest BCUT2D eigenvalue weighted by atomic mass is 10.0. The summed E-state index contributed by atoms with van der Waals surface area (Å²) in [6, 6.07) is 4.96. The molecule has 0 aliphatic heterocycles. The number of carbonyl (C=O) groups excluding carboxylic acids is 2. The highest BCUT2D eigenvalue weighted by Crippen LogP contribution is 2.31. The van der Waals surface area contributed by atoms with E-state index >= 15 is 0 Å². The number of alkyl halides is 1. The van der Waals surface area contributed by atoms with Gasteiger partial charge in [0.1, 0.15) is 6.07 Å². The van der Waals surface area contributed by atoms with Gasteiger partial charge in [-0.25, -0.2) is 9.23 Å². The Bertz CT molecular complexity index is 652. The van der Waals surface area contributed by atoms with E-state index < -0.39 is 12.3 Å². The second-order valence-corrected chi connectivity index (χ2v) is 5.18. The lowest BCUT2D eigenvalue weighted by Gasteiger charge is -2.23. The largest absolute Gasteiger partial charge is 0.294 e. The maximum absolute atomic E-state index is 13.7. The Hall–Kier alpha value is -2.26. The van der Waals surface area contributed by atoms with Crippen LogP contribution in [-0.2, 0) is 16.1 Å². The van der Waals surface area contributed by atoms with E-state index in [0.717, 1.165) is 10.6 Å². The summed E-state index contributed by atoms with van der Waals surface area (Å²) >= 11 is 0. The fourth-order valence-electron chi connectivity index (χ4n) is 2.43. The molecule has 0 saturated heterocycles. The molecule has 0 bridgehead atoms. The first kappa shape index (κ1) is 16.1. The van der Waals surface area contributed by atoms with Crippen molar-refractivity contribution in [3.8, 4) is 6.07 Å². The molecule has 0 fully saturated rings. The van der Waals surface area contributed by atoms with E-state index in [1.807, 2.05) is 6.07 Å². The second-order valence-electron chi connectivity index (χ2n) is 5.18. The summed E-state index contributed by atoms with van der Waals surface area (Å²) < 4.78 is 13.7. The van der Waals surface area contributed by atoms with Crippen LogP contribution in [0.3, 0.4) is 0 Å². The van der Waals surface area contributed by atoms with Gasteiger partial charge in [0.05, 0.1) is 11.3 Å². The lowest BCUT2D eigenvalue weighted by Crippen LogP contribution is -2.33. The van der Waals surface area contributed by atoms with Crippen LogP contribution in [0.25, 0.3) is 0 Å². The van der Waals surface area contributed by atoms with Gasteiger partial charge in [0.15, 0.2) is 5.78 Å². The summed E-state index contributed by atoms with van der Waals surface area (Å²) in [5.74, 6) is -0.553. The fraction of sp³-hybridized carbons (Fsp3) is 0.438. The topological polar surface area (TPSA) is 70.4 Å². The molecular formula is C16H17FN2O3. The molecular weight excluding hydrogens is 287 g/mol. The Morgan fingerprint density at radius 3 is 2.82 bits per heavy atom. The standard InChI is InChI=1S/C16H17FN2O3/c1-3-4-16(17)22-19(10(2)20)14-8-11-5-6-15(21)13(11)7-12(14)9-18/h7-8,16H,3-6H2,1-2H3. The minimum Gasteiger partial charge on any atom is -0.294 e. The Balaban J connectivity index is 2.42. The van der Waals surface area contributed by atoms with Gasteiger partial charge < -0.3 is 0 Å². The van der Waals surface area contributed by atoms with Crippen LogP contribution in [-0.4, -0.2) is 18.0 Å². The average Bonchev–Trinajstić information content (AvgIpc) is 2.84. The van der Waals surface area contributed by atoms with Crippen LogP contribution in [0, 0.1) is 11.3 Å². The minimum atomic E-state index is -1.63. The van der Waals surface area contributed by atoms with Crippen LogP contribution in [0.4, 0.5) is 10.1 Å². The van der Waals surface area contributed by atoms with Crippen molar-refractivity contribution >= 4 is 17.4 Å². The molecule has 0 aromatic heterocycles. The molecule has 1 atom stereocenters. The van der Waals surface area contributed by atoms with Gasteiger partial charge in [-0.1, -0.05) is 13.3 Å². The number of rotatable bonds is 5. The highest BCUT2D eigenvalue weighted by Gasteiger charge is 2.26. The number of benzene rings is 1. The molecule has 0 heterocycles. The third kappa shape index (κ3) is 3.15. The molecule has 0 radical (unpaired) electrons. The molecule has 22 heavy (non-hydrogen) atoms. The zero-order valence-corrected chi connectivity index (χ0v) is 12.6. The first-order valence-corrected chi connectivity index (χ1v) is 7.19. The normalized spacial score (nSPS) is 14.4. The third-order valence-corrected chi connectivity index (χ3v) is 3.50. The molecule has 116 valence electrons. The molecule has 6 heteroatoms. The summed E-state index contributed by atoms with van der Waals surface area (Å²) in [6.07, 6.45) is 0.0141. The SMILES string of the molecule is CCCC(F)ON(C(C)=O)c1cc2c(cc1C#N)C(=O)CC2. The molecule has 1 aromatic rings. The molecule has 0 N–H and O–H groups in total. The molecule has 0 spiro atoms. The zero-order valence-electron chi connectivity index (χ0n) is 12.6. The van der Waals surface area contributed by atoms with Crippen LogP contribution in [0.5, 0.6) is 0 Å². The highest BCUT2D eigenvalue weighted by atomic mass is 19.1. The van der Waals surface area contributed by atoms with Gasteiger partial charge in [0.2, 0.25) is 12.3 Å². The quantitative estimate of drug-likeness (QED) is 0.784. The van der Waals surface area contributed by atoms with Crippen molar-refractivity contribution in [2.75, 3.05) is 5.06 Å². The van der Waals surface area contributed by atoms with Crippen LogP contribution >= 0.6 is 0 Å². The Kier molecular flexibility index (Phi) is 4.88. The maximum Gasteiger partial charge on any atom is 0.247 e. The van der Waals surface area contributed by atoms with Gasteiger partial charge in [-0.3, -0.25) is 9.59 Å². The first-order chi connectivity index (χ1) is 10.5. The molecule has 0 saturated carbocycles. The lowest BCUT2D eigenvalue weighted by molar-refractivity contribution is -0.133. The number of nitrogens with zero attached hydrogens (tertiary/aromatic N) is 2. The van der Waals surface area contributed by atoms with Crippen LogP contribution < -0.4 is 5.06 Å². The number of carbonyl (C=O) groups is 2. The number of nitriles is 1. The molecule has 1 aliphatic carbocycles. The number of Topliss-reactive ketones (excluding diaryl/α,β-unsaturated/α-hetero) is 1. The Morgan fingerprint density at radius 1 is 1.50 bits per heavy atom. The van der Waals surface area contributed by atoms with E-state index in [2.05, 4.69) is 0 Å². The second kappa shape index (κ2) is 6.67. The molecule has 1 unspecified atom stereocenters. The number of halogens is 1. The monoisotopic (exact) mass is 304 g/mol. The van der Waals surface area contributed by atoms with Crippen molar-refractivity contribution in [2.24, 2.45) is 0 Å². The smallest absolute Gasteiger partial charge is 0.247 e. The maximum atomic E-state index is 13.7. The predicted molar refractivity (Wildman–Crippen MR) is 77.9 cm³/mol. The number of ketones is 1. The first-order valence-electron chi connectivity index (χ1n) is 7.19. The Morgan fingerprint density at radius 2 is 2.23 bits per heavy atom. The average molecular weight is 304 g/mol. The highest BCUT2D eigenvalue weighted by molar-refractivity contribution is 6.02. The number of hydroxylamine groups is 1. The van der Waals surface area contributed by atoms with Gasteiger partial charge in [0.25, 0.3) is 0 Å². The summed E-state index contributed by atoms with van der Waals surface area (Å²) in [6.45, 7) is 3.04. The van der Waals surface area contributed by atoms with Crippen LogP contribution in [0.1, 0.15) is 54.6 Å². The van der Waals surface area contributed by atoms with E-state index in [4.69, 9.17) is 4.84 Å². The van der Waals surface area contributed by atoms with E-state index in [0.29, 0.717) is 24.8 Å². The van der Waals surface area contributed by atoms with Crippen molar-refractivity contribution in [3.63, 3.8) is 0 Å². The Labute approximate surface area is 128 Å². The molecule has 5 nitrogen and oxygen atoms in total. The van der Waals surface area contributed by atoms with Crippen LogP contribution in [0.2, 0.25) is 0 Å². The van der Waals surface area contributed by atoms with Gasteiger partial charge in [-0.05, 0) is 24.1 Å². The van der Waals surface area contributed by atoms with Crippen molar-refractivity contribution in [3.05, 3.63) is 28.8 Å². The van der Waals surface area contributed by atoms with Gasteiger partial charge in [-0.2, -0.15) is 10.3 Å². The number of hydrogen-bond acceptors (Lipinski definition) is 4. The summed E-state index contributed by atoms with van der Waals surface area (Å²) in [7, 11) is 0. The summed E-state index contributed by atoms with van der Waals surface area (Å²) in [5, 5.41) is 10.1. The minimum absolute atomic E-state index is 0.0253. The van der Waals surface area contributed by atoms with Crippen molar-refractivity contribution in [1.82, 2.24) is 0 Å². The van der Waals surface area contributed by atoms with Crippen molar-refractivity contribution in [2.45, 2.75) is 45.9 Å². The van der Waals surface area contributed by atoms with Crippen molar-refractivity contribution in [1.29, 1.82) is 5.26 Å². The third-order valence-electron chi connectivity index (χ3n) is 3.50. The number of anilines is 1. The van der Waals surface area contributed by atoms with E-state index in [1.165, 1.54) is 13.0 Å². The zero-order chi connectivity index (χ0) is 16.3. The summed E-state index contributed by atoms with van der Waals surface area (Å²) in [4.78, 5) is 28.6. The molecule has 1 amide bonds. The number of aryl methyl sites for hydroxylation is 1. The predicted octanol–water partition coefficient (Wildman–Crippen LogP) is 3.07. The molecule has 1 aliphatic rings. The number of hydrogen-bond donors (Lipinski definition) is 0.